The molecule has 3 aromatic rings. The summed E-state index contributed by atoms with van der Waals surface area (Å²) in [6.45, 7) is 4.67. The molecule has 0 radical (unpaired) electrons. The number of aromatic nitrogens is 5. The highest BCUT2D eigenvalue weighted by Gasteiger charge is 2.18. The maximum atomic E-state index is 12.6. The number of benzene rings is 1. The van der Waals surface area contributed by atoms with Crippen molar-refractivity contribution in [3.05, 3.63) is 47.5 Å². The van der Waals surface area contributed by atoms with E-state index in [2.05, 4.69) is 24.9 Å². The minimum atomic E-state index is -2.59. The van der Waals surface area contributed by atoms with Crippen LogP contribution in [0.2, 0.25) is 0 Å². The van der Waals surface area contributed by atoms with E-state index in [9.17, 15) is 13.6 Å². The van der Waals surface area contributed by atoms with Gasteiger partial charge in [-0.2, -0.15) is 5.10 Å². The summed E-state index contributed by atoms with van der Waals surface area (Å²) < 4.78 is 27.9. The summed E-state index contributed by atoms with van der Waals surface area (Å²) in [7, 11) is 0. The third-order valence-corrected chi connectivity index (χ3v) is 4.99. The number of rotatable bonds is 6. The molecule has 0 aliphatic carbocycles. The zero-order valence-corrected chi connectivity index (χ0v) is 15.3. The molecule has 0 bridgehead atoms. The third kappa shape index (κ3) is 4.01. The first-order chi connectivity index (χ1) is 13.6. The van der Waals surface area contributed by atoms with Gasteiger partial charge in [-0.25, -0.2) is 18.7 Å². The number of alkyl halides is 2. The van der Waals surface area contributed by atoms with Gasteiger partial charge in [0, 0.05) is 38.4 Å². The van der Waals surface area contributed by atoms with Crippen LogP contribution < -0.4 is 10.5 Å². The van der Waals surface area contributed by atoms with Gasteiger partial charge in [-0.15, -0.1) is 0 Å². The lowest BCUT2D eigenvalue weighted by Crippen LogP contribution is -2.47. The van der Waals surface area contributed by atoms with Crippen LogP contribution >= 0.6 is 0 Å². The molecule has 4 rings (SSSR count). The zero-order chi connectivity index (χ0) is 19.5. The fraction of sp³-hybridized carbons (Fsp3) is 0.444. The Hall–Kier alpha value is -2.88. The Bertz CT molecular complexity index is 981. The monoisotopic (exact) mass is 389 g/mol. The van der Waals surface area contributed by atoms with Gasteiger partial charge in [-0.3, -0.25) is 18.9 Å². The van der Waals surface area contributed by atoms with Crippen LogP contribution in [0.4, 0.5) is 14.5 Å². The zero-order valence-electron chi connectivity index (χ0n) is 15.3. The van der Waals surface area contributed by atoms with Crippen molar-refractivity contribution in [2.75, 3.05) is 37.6 Å². The van der Waals surface area contributed by atoms with Gasteiger partial charge in [0.2, 0.25) is 0 Å². The minimum Gasteiger partial charge on any atom is -0.369 e. The molecule has 1 fully saturated rings. The Balaban J connectivity index is 1.41. The first-order valence-electron chi connectivity index (χ1n) is 9.17. The van der Waals surface area contributed by atoms with Crippen LogP contribution in [0.3, 0.4) is 0 Å². The molecule has 148 valence electrons. The lowest BCUT2D eigenvalue weighted by atomic mass is 10.2. The predicted octanol–water partition coefficient (Wildman–Crippen LogP) is 1.08. The van der Waals surface area contributed by atoms with E-state index in [-0.39, 0.29) is 0 Å². The standard InChI is InChI=1S/C18H21F2N7O/c19-17(20)10-26-13-22-16-9-14(1-2-15(16)18(26)28)25-6-3-24(4-7-25)5-8-27-12-21-11-23-27/h1-2,9,11-13,17H,3-8,10H2. The van der Waals surface area contributed by atoms with E-state index in [1.807, 2.05) is 16.8 Å². The second-order valence-corrected chi connectivity index (χ2v) is 6.78. The number of fused-ring (bicyclic) bond motifs is 1. The van der Waals surface area contributed by atoms with Crippen molar-refractivity contribution in [2.24, 2.45) is 0 Å². The maximum Gasteiger partial charge on any atom is 0.261 e. The van der Waals surface area contributed by atoms with E-state index in [1.54, 1.807) is 12.4 Å². The van der Waals surface area contributed by atoms with Crippen molar-refractivity contribution in [3.63, 3.8) is 0 Å². The van der Waals surface area contributed by atoms with Gasteiger partial charge in [-0.1, -0.05) is 0 Å². The van der Waals surface area contributed by atoms with E-state index in [0.717, 1.165) is 49.5 Å². The molecule has 0 N–H and O–H groups in total. The van der Waals surface area contributed by atoms with Gasteiger partial charge in [0.05, 0.1) is 30.3 Å². The lowest BCUT2D eigenvalue weighted by molar-refractivity contribution is 0.125. The molecule has 28 heavy (non-hydrogen) atoms. The molecule has 1 saturated heterocycles. The lowest BCUT2D eigenvalue weighted by Gasteiger charge is -2.36. The number of halogens is 2. The Kier molecular flexibility index (Phi) is 5.29. The van der Waals surface area contributed by atoms with Crippen molar-refractivity contribution >= 4 is 16.6 Å². The summed E-state index contributed by atoms with van der Waals surface area (Å²) in [5.41, 5.74) is 1.08. The summed E-state index contributed by atoms with van der Waals surface area (Å²) in [6.07, 6.45) is 1.86. The molecule has 0 unspecified atom stereocenters. The van der Waals surface area contributed by atoms with Gasteiger partial charge in [0.1, 0.15) is 12.7 Å². The fourth-order valence-corrected chi connectivity index (χ4v) is 3.44. The first kappa shape index (κ1) is 18.5. The quantitative estimate of drug-likeness (QED) is 0.628. The second kappa shape index (κ2) is 8.01. The first-order valence-corrected chi connectivity index (χ1v) is 9.17. The molecule has 10 heteroatoms. The Morgan fingerprint density at radius 3 is 2.61 bits per heavy atom. The largest absolute Gasteiger partial charge is 0.369 e. The van der Waals surface area contributed by atoms with Crippen LogP contribution in [0.1, 0.15) is 0 Å². The highest BCUT2D eigenvalue weighted by Crippen LogP contribution is 2.20. The smallest absolute Gasteiger partial charge is 0.261 e. The van der Waals surface area contributed by atoms with Crippen LogP contribution in [-0.4, -0.2) is 68.4 Å². The number of hydrogen-bond donors (Lipinski definition) is 0. The maximum absolute atomic E-state index is 12.6. The summed E-state index contributed by atoms with van der Waals surface area (Å²) in [4.78, 5) is 25.1. The molecule has 1 aliphatic rings. The second-order valence-electron chi connectivity index (χ2n) is 6.78. The molecule has 1 aromatic carbocycles. The van der Waals surface area contributed by atoms with Crippen molar-refractivity contribution in [1.29, 1.82) is 0 Å². The topological polar surface area (TPSA) is 72.1 Å². The van der Waals surface area contributed by atoms with Crippen molar-refractivity contribution in [1.82, 2.24) is 29.2 Å². The van der Waals surface area contributed by atoms with Crippen molar-refractivity contribution in [3.8, 4) is 0 Å². The summed E-state index contributed by atoms with van der Waals surface area (Å²) in [6, 6.07) is 5.40. The fourth-order valence-electron chi connectivity index (χ4n) is 3.44. The molecule has 3 heterocycles. The summed E-state index contributed by atoms with van der Waals surface area (Å²) >= 11 is 0. The highest BCUT2D eigenvalue weighted by molar-refractivity contribution is 5.81. The predicted molar refractivity (Wildman–Crippen MR) is 101 cm³/mol. The van der Waals surface area contributed by atoms with Gasteiger partial charge in [-0.05, 0) is 18.2 Å². The molecule has 0 amide bonds. The summed E-state index contributed by atoms with van der Waals surface area (Å²) in [5, 5.41) is 4.47. The average Bonchev–Trinajstić information content (AvgIpc) is 3.22. The Labute approximate surface area is 160 Å². The molecule has 8 nitrogen and oxygen atoms in total. The average molecular weight is 389 g/mol. The van der Waals surface area contributed by atoms with Gasteiger partial charge in [0.15, 0.2) is 0 Å². The number of hydrogen-bond acceptors (Lipinski definition) is 6. The van der Waals surface area contributed by atoms with Crippen molar-refractivity contribution < 1.29 is 8.78 Å². The van der Waals surface area contributed by atoms with Crippen LogP contribution in [0.5, 0.6) is 0 Å². The normalized spacial score (nSPS) is 15.6. The van der Waals surface area contributed by atoms with E-state index < -0.39 is 18.5 Å². The van der Waals surface area contributed by atoms with E-state index in [1.165, 1.54) is 12.7 Å². The SMILES string of the molecule is O=c1c2ccc(N3CCN(CCn4cncn4)CC3)cc2ncn1CC(F)F. The molecular formula is C18H21F2N7O. The van der Waals surface area contributed by atoms with Crippen LogP contribution in [-0.2, 0) is 13.1 Å². The van der Waals surface area contributed by atoms with Gasteiger partial charge < -0.3 is 4.90 Å². The Morgan fingerprint density at radius 1 is 1.07 bits per heavy atom. The minimum absolute atomic E-state index is 0.360. The van der Waals surface area contributed by atoms with Crippen LogP contribution in [0.15, 0.2) is 42.0 Å². The van der Waals surface area contributed by atoms with Gasteiger partial charge >= 0.3 is 0 Å². The molecular weight excluding hydrogens is 368 g/mol. The van der Waals surface area contributed by atoms with E-state index in [4.69, 9.17) is 0 Å². The van der Waals surface area contributed by atoms with Crippen LogP contribution in [0, 0.1) is 0 Å². The number of piperazine rings is 1. The molecule has 2 aromatic heterocycles. The molecule has 0 saturated carbocycles. The van der Waals surface area contributed by atoms with E-state index in [0.29, 0.717) is 10.9 Å². The molecule has 0 spiro atoms. The van der Waals surface area contributed by atoms with E-state index >= 15 is 0 Å². The van der Waals surface area contributed by atoms with Crippen molar-refractivity contribution in [2.45, 2.75) is 19.5 Å². The number of anilines is 1. The van der Waals surface area contributed by atoms with Gasteiger partial charge in [0.25, 0.3) is 12.0 Å². The molecule has 0 atom stereocenters. The summed E-state index contributed by atoms with van der Waals surface area (Å²) in [5.74, 6) is 0. The van der Waals surface area contributed by atoms with Crippen LogP contribution in [0.25, 0.3) is 10.9 Å². The Morgan fingerprint density at radius 2 is 1.89 bits per heavy atom. The number of nitrogens with zero attached hydrogens (tertiary/aromatic N) is 7. The molecule has 1 aliphatic heterocycles. The third-order valence-electron chi connectivity index (χ3n) is 4.99. The highest BCUT2D eigenvalue weighted by atomic mass is 19.3.